The van der Waals surface area contributed by atoms with Crippen molar-refractivity contribution in [1.29, 1.82) is 0 Å². The fourth-order valence-corrected chi connectivity index (χ4v) is 1.82. The molecule has 0 atom stereocenters. The molecule has 1 N–H and O–H groups in total. The third-order valence-corrected chi connectivity index (χ3v) is 3.15. The Kier molecular flexibility index (Phi) is 2.84. The van der Waals surface area contributed by atoms with Crippen molar-refractivity contribution in [2.45, 2.75) is 20.8 Å². The van der Waals surface area contributed by atoms with Crippen LogP contribution in [0, 0.1) is 26.6 Å². The Morgan fingerprint density at radius 3 is 2.12 bits per heavy atom. The summed E-state index contributed by atoms with van der Waals surface area (Å²) in [6.45, 7) is 5.82. The van der Waals surface area contributed by atoms with Gasteiger partial charge in [-0.25, -0.2) is 4.39 Å². The highest BCUT2D eigenvalue weighted by molar-refractivity contribution is 6.08. The van der Waals surface area contributed by atoms with Crippen LogP contribution in [-0.2, 0) is 0 Å². The van der Waals surface area contributed by atoms with Crippen molar-refractivity contribution in [2.75, 3.05) is 0 Å². The van der Waals surface area contributed by atoms with Crippen molar-refractivity contribution in [3.63, 3.8) is 0 Å². The molecule has 0 aliphatic heterocycles. The van der Waals surface area contributed by atoms with Gasteiger partial charge in [0.1, 0.15) is 5.82 Å². The molecule has 2 nitrogen and oxygen atoms in total. The molecule has 0 saturated heterocycles. The lowest BCUT2D eigenvalue weighted by atomic mass is 10.0. The van der Waals surface area contributed by atoms with Crippen LogP contribution in [0.1, 0.15) is 32.9 Å². The van der Waals surface area contributed by atoms with Gasteiger partial charge in [0.15, 0.2) is 0 Å². The van der Waals surface area contributed by atoms with Gasteiger partial charge in [-0.1, -0.05) is 0 Å². The molecule has 0 spiro atoms. The lowest BCUT2D eigenvalue weighted by Crippen LogP contribution is -2.03. The van der Waals surface area contributed by atoms with Crippen LogP contribution in [0.4, 0.5) is 4.39 Å². The largest absolute Gasteiger partial charge is 0.356 e. The van der Waals surface area contributed by atoms with E-state index < -0.39 is 0 Å². The van der Waals surface area contributed by atoms with Crippen molar-refractivity contribution >= 4 is 5.78 Å². The van der Waals surface area contributed by atoms with E-state index in [-0.39, 0.29) is 11.6 Å². The molecule has 2 rings (SSSR count). The first-order chi connectivity index (χ1) is 8.00. The van der Waals surface area contributed by atoms with Crippen molar-refractivity contribution in [3.05, 3.63) is 58.2 Å². The van der Waals surface area contributed by atoms with E-state index in [2.05, 4.69) is 4.98 Å². The second kappa shape index (κ2) is 4.17. The number of carbonyl (C=O) groups is 1. The predicted molar refractivity (Wildman–Crippen MR) is 64.8 cm³/mol. The lowest BCUT2D eigenvalue weighted by molar-refractivity contribution is 0.103. The van der Waals surface area contributed by atoms with E-state index in [1.54, 1.807) is 0 Å². The van der Waals surface area contributed by atoms with Crippen LogP contribution in [-0.4, -0.2) is 10.8 Å². The van der Waals surface area contributed by atoms with Crippen LogP contribution in [0.25, 0.3) is 0 Å². The molecular weight excluding hydrogens is 217 g/mol. The van der Waals surface area contributed by atoms with Gasteiger partial charge in [-0.2, -0.15) is 0 Å². The number of aromatic nitrogens is 1. The number of aromatic amines is 1. The minimum Gasteiger partial charge on any atom is -0.356 e. The molecule has 0 fully saturated rings. The zero-order valence-corrected chi connectivity index (χ0v) is 10.1. The van der Waals surface area contributed by atoms with E-state index in [0.717, 1.165) is 16.8 Å². The van der Waals surface area contributed by atoms with Gasteiger partial charge in [0, 0.05) is 11.3 Å². The van der Waals surface area contributed by atoms with Crippen molar-refractivity contribution in [3.8, 4) is 0 Å². The van der Waals surface area contributed by atoms with E-state index >= 15 is 0 Å². The Morgan fingerprint density at radius 1 is 1.06 bits per heavy atom. The second-order valence-electron chi connectivity index (χ2n) is 4.21. The molecule has 0 aliphatic rings. The normalized spacial score (nSPS) is 10.6. The molecule has 1 heterocycles. The highest BCUT2D eigenvalue weighted by Crippen LogP contribution is 2.19. The first-order valence-electron chi connectivity index (χ1n) is 5.46. The molecule has 0 aliphatic carbocycles. The smallest absolute Gasteiger partial charge is 0.209 e. The second-order valence-corrected chi connectivity index (χ2v) is 4.21. The van der Waals surface area contributed by atoms with Gasteiger partial charge in [0.05, 0.1) is 5.69 Å². The highest BCUT2D eigenvalue weighted by Gasteiger charge is 2.16. The number of nitrogens with one attached hydrogen (secondary N) is 1. The summed E-state index contributed by atoms with van der Waals surface area (Å²) in [7, 11) is 0. The Morgan fingerprint density at radius 2 is 1.65 bits per heavy atom. The third-order valence-electron chi connectivity index (χ3n) is 3.15. The van der Waals surface area contributed by atoms with Gasteiger partial charge in [0.2, 0.25) is 5.78 Å². The fraction of sp³-hybridized carbons (Fsp3) is 0.214. The van der Waals surface area contributed by atoms with Gasteiger partial charge >= 0.3 is 0 Å². The molecule has 17 heavy (non-hydrogen) atoms. The zero-order chi connectivity index (χ0) is 12.6. The number of halogens is 1. The summed E-state index contributed by atoms with van der Waals surface area (Å²) in [6, 6.07) is 5.60. The topological polar surface area (TPSA) is 32.9 Å². The van der Waals surface area contributed by atoms with E-state index in [0.29, 0.717) is 11.3 Å². The molecular formula is C14H14FNO. The number of H-pyrrole nitrogens is 1. The molecule has 0 unspecified atom stereocenters. The SMILES string of the molecule is Cc1[nH]c(C(=O)c2ccc(F)cc2)c(C)c1C. The molecule has 0 saturated carbocycles. The molecule has 0 bridgehead atoms. The minimum absolute atomic E-state index is 0.0984. The number of rotatable bonds is 2. The average Bonchev–Trinajstić information content (AvgIpc) is 2.57. The summed E-state index contributed by atoms with van der Waals surface area (Å²) in [6.07, 6.45) is 0. The van der Waals surface area contributed by atoms with Gasteiger partial charge in [0.25, 0.3) is 0 Å². The standard InChI is InChI=1S/C14H14FNO/c1-8-9(2)13(16-10(8)3)14(17)11-4-6-12(15)7-5-11/h4-7,16H,1-3H3. The molecule has 3 heteroatoms. The third kappa shape index (κ3) is 2.00. The van der Waals surface area contributed by atoms with Crippen LogP contribution in [0.5, 0.6) is 0 Å². The van der Waals surface area contributed by atoms with Gasteiger partial charge < -0.3 is 4.98 Å². The maximum atomic E-state index is 12.8. The van der Waals surface area contributed by atoms with Crippen LogP contribution in [0.15, 0.2) is 24.3 Å². The van der Waals surface area contributed by atoms with Gasteiger partial charge in [-0.15, -0.1) is 0 Å². The van der Waals surface area contributed by atoms with Crippen molar-refractivity contribution in [1.82, 2.24) is 4.98 Å². The number of hydrogen-bond donors (Lipinski definition) is 1. The Labute approximate surface area is 99.5 Å². The summed E-state index contributed by atoms with van der Waals surface area (Å²) < 4.78 is 12.8. The van der Waals surface area contributed by atoms with E-state index in [9.17, 15) is 9.18 Å². The Hall–Kier alpha value is -1.90. The van der Waals surface area contributed by atoms with Crippen molar-refractivity contribution < 1.29 is 9.18 Å². The molecule has 88 valence electrons. The number of aryl methyl sites for hydroxylation is 1. The highest BCUT2D eigenvalue weighted by atomic mass is 19.1. The summed E-state index contributed by atoms with van der Waals surface area (Å²) >= 11 is 0. The number of benzene rings is 1. The molecule has 0 radical (unpaired) electrons. The quantitative estimate of drug-likeness (QED) is 0.790. The number of hydrogen-bond acceptors (Lipinski definition) is 1. The van der Waals surface area contributed by atoms with Gasteiger partial charge in [-0.05, 0) is 56.2 Å². The van der Waals surface area contributed by atoms with Crippen LogP contribution < -0.4 is 0 Å². The zero-order valence-electron chi connectivity index (χ0n) is 10.1. The molecule has 1 aromatic carbocycles. The summed E-state index contributed by atoms with van der Waals surface area (Å²) in [4.78, 5) is 15.3. The first-order valence-corrected chi connectivity index (χ1v) is 5.46. The molecule has 0 amide bonds. The van der Waals surface area contributed by atoms with Crippen molar-refractivity contribution in [2.24, 2.45) is 0 Å². The Bertz CT molecular complexity index is 567. The summed E-state index contributed by atoms with van der Waals surface area (Å²) in [5.41, 5.74) is 4.13. The maximum Gasteiger partial charge on any atom is 0.209 e. The van der Waals surface area contributed by atoms with E-state index in [1.807, 2.05) is 20.8 Å². The number of carbonyl (C=O) groups excluding carboxylic acids is 1. The average molecular weight is 231 g/mol. The van der Waals surface area contributed by atoms with E-state index in [4.69, 9.17) is 0 Å². The minimum atomic E-state index is -0.336. The summed E-state index contributed by atoms with van der Waals surface area (Å²) in [5, 5.41) is 0. The number of ketones is 1. The fourth-order valence-electron chi connectivity index (χ4n) is 1.82. The van der Waals surface area contributed by atoms with Gasteiger partial charge in [-0.3, -0.25) is 4.79 Å². The van der Waals surface area contributed by atoms with Crippen LogP contribution in [0.2, 0.25) is 0 Å². The van der Waals surface area contributed by atoms with Crippen LogP contribution in [0.3, 0.4) is 0 Å². The molecule has 1 aromatic heterocycles. The predicted octanol–water partition coefficient (Wildman–Crippen LogP) is 3.31. The monoisotopic (exact) mass is 231 g/mol. The first kappa shape index (κ1) is 11.6. The lowest BCUT2D eigenvalue weighted by Gasteiger charge is -2.00. The van der Waals surface area contributed by atoms with E-state index in [1.165, 1.54) is 24.3 Å². The Balaban J connectivity index is 2.44. The maximum absolute atomic E-state index is 12.8. The van der Waals surface area contributed by atoms with Crippen LogP contribution >= 0.6 is 0 Å². The molecule has 2 aromatic rings. The summed E-state index contributed by atoms with van der Waals surface area (Å²) in [5.74, 6) is -0.434.